The van der Waals surface area contributed by atoms with Crippen molar-refractivity contribution in [3.63, 3.8) is 0 Å². The van der Waals surface area contributed by atoms with Gasteiger partial charge in [-0.1, -0.05) is 36.8 Å². The number of hydrogen-bond donors (Lipinski definition) is 1. The predicted molar refractivity (Wildman–Crippen MR) is 103 cm³/mol. The molecule has 1 N–H and O–H groups in total. The molecule has 2 aliphatic rings. The van der Waals surface area contributed by atoms with Gasteiger partial charge in [0.05, 0.1) is 11.2 Å². The van der Waals surface area contributed by atoms with Gasteiger partial charge in [0.1, 0.15) is 5.82 Å². The molecule has 0 aliphatic carbocycles. The number of aliphatic hydroxyl groups is 1. The minimum absolute atomic E-state index is 0.0417. The Bertz CT molecular complexity index is 838. The smallest absolute Gasteiger partial charge is 0.389 e. The fraction of sp³-hybridized carbons (Fsp3) is 0.478. The highest BCUT2D eigenvalue weighted by Crippen LogP contribution is 2.42. The molecule has 0 radical (unpaired) electrons. The molecule has 0 aromatic heterocycles. The van der Waals surface area contributed by atoms with E-state index in [1.54, 1.807) is 0 Å². The fourth-order valence-corrected chi connectivity index (χ4v) is 5.11. The zero-order valence-electron chi connectivity index (χ0n) is 16.1. The monoisotopic (exact) mass is 407 g/mol. The van der Waals surface area contributed by atoms with Gasteiger partial charge in [0.25, 0.3) is 0 Å². The largest absolute Gasteiger partial charge is 0.416 e. The lowest BCUT2D eigenvalue weighted by Gasteiger charge is -2.52. The molecule has 6 heteroatoms. The summed E-state index contributed by atoms with van der Waals surface area (Å²) in [6, 6.07) is 13.1. The first-order valence-corrected chi connectivity index (χ1v) is 10.1. The van der Waals surface area contributed by atoms with Gasteiger partial charge < -0.3 is 5.11 Å². The molecule has 29 heavy (non-hydrogen) atoms. The van der Waals surface area contributed by atoms with E-state index in [-0.39, 0.29) is 24.1 Å². The number of rotatable bonds is 4. The Balaban J connectivity index is 1.52. The van der Waals surface area contributed by atoms with Crippen LogP contribution < -0.4 is 0 Å². The molecular formula is C23H25F4NO. The Kier molecular flexibility index (Phi) is 5.42. The molecule has 156 valence electrons. The van der Waals surface area contributed by atoms with Gasteiger partial charge in [-0.15, -0.1) is 0 Å². The molecule has 0 spiro atoms. The second-order valence-electron chi connectivity index (χ2n) is 8.55. The van der Waals surface area contributed by atoms with Gasteiger partial charge in [-0.3, -0.25) is 4.90 Å². The summed E-state index contributed by atoms with van der Waals surface area (Å²) < 4.78 is 52.9. The van der Waals surface area contributed by atoms with Crippen molar-refractivity contribution in [2.75, 3.05) is 0 Å². The van der Waals surface area contributed by atoms with E-state index in [0.29, 0.717) is 18.9 Å². The van der Waals surface area contributed by atoms with Gasteiger partial charge >= 0.3 is 6.18 Å². The highest BCUT2D eigenvalue weighted by molar-refractivity contribution is 5.28. The van der Waals surface area contributed by atoms with Crippen molar-refractivity contribution in [1.29, 1.82) is 0 Å². The zero-order chi connectivity index (χ0) is 20.6. The first kappa shape index (κ1) is 20.4. The third-order valence-electron chi connectivity index (χ3n) is 6.27. The molecule has 2 fully saturated rings. The quantitative estimate of drug-likeness (QED) is 0.692. The fourth-order valence-electron chi connectivity index (χ4n) is 5.11. The van der Waals surface area contributed by atoms with Crippen molar-refractivity contribution >= 4 is 0 Å². The lowest BCUT2D eigenvalue weighted by molar-refractivity contribution is -0.138. The number of nitrogens with zero attached hydrogens (tertiary/aromatic N) is 1. The van der Waals surface area contributed by atoms with Crippen LogP contribution in [-0.2, 0) is 19.1 Å². The van der Waals surface area contributed by atoms with Crippen LogP contribution in [0.15, 0.2) is 48.5 Å². The van der Waals surface area contributed by atoms with E-state index in [0.717, 1.165) is 37.9 Å². The van der Waals surface area contributed by atoms with E-state index in [4.69, 9.17) is 0 Å². The Hall–Kier alpha value is -1.92. The average Bonchev–Trinajstić information content (AvgIpc) is 2.62. The maximum absolute atomic E-state index is 13.8. The van der Waals surface area contributed by atoms with Crippen LogP contribution in [0.5, 0.6) is 0 Å². The molecule has 0 amide bonds. The number of alkyl halides is 3. The summed E-state index contributed by atoms with van der Waals surface area (Å²) in [5, 5.41) is 11.3. The van der Waals surface area contributed by atoms with Crippen LogP contribution in [0, 0.1) is 5.82 Å². The molecule has 2 saturated heterocycles. The van der Waals surface area contributed by atoms with Crippen LogP contribution in [0.3, 0.4) is 0 Å². The van der Waals surface area contributed by atoms with Crippen molar-refractivity contribution in [1.82, 2.24) is 4.90 Å². The number of benzene rings is 2. The van der Waals surface area contributed by atoms with Gasteiger partial charge in [-0.25, -0.2) is 4.39 Å². The molecule has 2 aliphatic heterocycles. The van der Waals surface area contributed by atoms with Crippen LogP contribution >= 0.6 is 0 Å². The second kappa shape index (κ2) is 7.73. The Morgan fingerprint density at radius 1 is 0.966 bits per heavy atom. The van der Waals surface area contributed by atoms with Crippen molar-refractivity contribution in [3.8, 4) is 0 Å². The number of hydrogen-bond acceptors (Lipinski definition) is 2. The zero-order valence-corrected chi connectivity index (χ0v) is 16.1. The standard InChI is InChI=1S/C23H25F4NO/c24-19-10-17(9-18(11-19)23(25,26)27)12-22(29)13-20-7-4-8-21(14-22)28(20)15-16-5-2-1-3-6-16/h1-3,5-6,9-11,20-21,29H,4,7-8,12-15H2. The molecule has 2 unspecified atom stereocenters. The van der Waals surface area contributed by atoms with Gasteiger partial charge in [-0.2, -0.15) is 13.2 Å². The van der Waals surface area contributed by atoms with Crippen LogP contribution in [0.4, 0.5) is 17.6 Å². The molecular weight excluding hydrogens is 382 g/mol. The summed E-state index contributed by atoms with van der Waals surface area (Å²) >= 11 is 0. The third-order valence-corrected chi connectivity index (χ3v) is 6.27. The van der Waals surface area contributed by atoms with E-state index in [1.807, 2.05) is 18.2 Å². The van der Waals surface area contributed by atoms with Crippen LogP contribution in [0.2, 0.25) is 0 Å². The van der Waals surface area contributed by atoms with Gasteiger partial charge in [0, 0.05) is 25.0 Å². The lowest BCUT2D eigenvalue weighted by atomic mass is 9.73. The summed E-state index contributed by atoms with van der Waals surface area (Å²) in [4.78, 5) is 2.43. The summed E-state index contributed by atoms with van der Waals surface area (Å²) in [6.07, 6.45) is -0.558. The summed E-state index contributed by atoms with van der Waals surface area (Å²) in [5.74, 6) is -0.917. The van der Waals surface area contributed by atoms with E-state index in [9.17, 15) is 22.7 Å². The summed E-state index contributed by atoms with van der Waals surface area (Å²) in [6.45, 7) is 0.810. The average molecular weight is 407 g/mol. The predicted octanol–water partition coefficient (Wildman–Crippen LogP) is 5.34. The first-order valence-electron chi connectivity index (χ1n) is 10.1. The Morgan fingerprint density at radius 3 is 2.24 bits per heavy atom. The molecule has 2 aromatic carbocycles. The third kappa shape index (κ3) is 4.64. The van der Waals surface area contributed by atoms with E-state index in [1.165, 1.54) is 5.56 Å². The highest BCUT2D eigenvalue weighted by atomic mass is 19.4. The molecule has 2 atom stereocenters. The van der Waals surface area contributed by atoms with Crippen LogP contribution in [0.1, 0.15) is 48.8 Å². The van der Waals surface area contributed by atoms with Crippen LogP contribution in [-0.4, -0.2) is 27.7 Å². The van der Waals surface area contributed by atoms with Gasteiger partial charge in [0.15, 0.2) is 0 Å². The van der Waals surface area contributed by atoms with Gasteiger partial charge in [-0.05, 0) is 55.0 Å². The maximum Gasteiger partial charge on any atom is 0.416 e. The molecule has 2 nitrogen and oxygen atoms in total. The first-order chi connectivity index (χ1) is 13.7. The molecule has 4 rings (SSSR count). The number of halogens is 4. The van der Waals surface area contributed by atoms with Crippen molar-refractivity contribution in [2.24, 2.45) is 0 Å². The minimum atomic E-state index is -4.60. The van der Waals surface area contributed by atoms with E-state index in [2.05, 4.69) is 17.0 Å². The normalized spacial score (nSPS) is 27.8. The maximum atomic E-state index is 13.8. The van der Waals surface area contributed by atoms with Crippen LogP contribution in [0.25, 0.3) is 0 Å². The Morgan fingerprint density at radius 2 is 1.62 bits per heavy atom. The Labute approximate surface area is 168 Å². The molecule has 2 bridgehead atoms. The van der Waals surface area contributed by atoms with Gasteiger partial charge in [0.2, 0.25) is 0 Å². The number of fused-ring (bicyclic) bond motifs is 2. The van der Waals surface area contributed by atoms with E-state index < -0.39 is 23.2 Å². The molecule has 2 aromatic rings. The molecule has 2 heterocycles. The SMILES string of the molecule is OC1(Cc2cc(F)cc(C(F)(F)F)c2)CC2CCCC(C1)N2Cc1ccccc1. The highest BCUT2D eigenvalue weighted by Gasteiger charge is 2.45. The molecule has 0 saturated carbocycles. The lowest BCUT2D eigenvalue weighted by Crippen LogP contribution is -2.58. The second-order valence-corrected chi connectivity index (χ2v) is 8.55. The number of piperidine rings is 2. The minimum Gasteiger partial charge on any atom is -0.389 e. The topological polar surface area (TPSA) is 23.5 Å². The summed E-state index contributed by atoms with van der Waals surface area (Å²) in [7, 11) is 0. The van der Waals surface area contributed by atoms with Crippen molar-refractivity contribution < 1.29 is 22.7 Å². The summed E-state index contributed by atoms with van der Waals surface area (Å²) in [5.41, 5.74) is -0.693. The van der Waals surface area contributed by atoms with Crippen molar-refractivity contribution in [3.05, 3.63) is 71.0 Å². The van der Waals surface area contributed by atoms with Crippen molar-refractivity contribution in [2.45, 2.75) is 68.9 Å². The van der Waals surface area contributed by atoms with E-state index >= 15 is 0 Å².